The number of unbranched alkanes of at least 4 members (excludes halogenated alkanes) is 3. The molecule has 0 amide bonds. The second kappa shape index (κ2) is 8.38. The number of hydrogen-bond acceptors (Lipinski definition) is 2. The van der Waals surface area contributed by atoms with Crippen molar-refractivity contribution in [2.45, 2.75) is 39.0 Å². The van der Waals surface area contributed by atoms with E-state index in [0.717, 1.165) is 12.0 Å². The van der Waals surface area contributed by atoms with E-state index in [2.05, 4.69) is 31.2 Å². The van der Waals surface area contributed by atoms with Gasteiger partial charge >= 0.3 is 5.97 Å². The number of hydrogen-bond donors (Lipinski definition) is 0. The number of benzene rings is 2. The fourth-order valence-electron chi connectivity index (χ4n) is 2.54. The summed E-state index contributed by atoms with van der Waals surface area (Å²) in [5.74, 6) is -0.297. The molecule has 0 aliphatic carbocycles. The molecule has 0 aromatic heterocycles. The van der Waals surface area contributed by atoms with Gasteiger partial charge in [0.15, 0.2) is 0 Å². The molecule has 0 spiro atoms. The van der Waals surface area contributed by atoms with Crippen molar-refractivity contribution in [3.63, 3.8) is 0 Å². The minimum Gasteiger partial charge on any atom is -0.465 e. The lowest BCUT2D eigenvalue weighted by Crippen LogP contribution is -2.00. The van der Waals surface area contributed by atoms with Gasteiger partial charge in [-0.3, -0.25) is 0 Å². The molecular weight excluding hydrogens is 272 g/mol. The molecule has 0 heterocycles. The van der Waals surface area contributed by atoms with Crippen LogP contribution in [0.1, 0.15) is 48.5 Å². The predicted octanol–water partition coefficient (Wildman–Crippen LogP) is 5.26. The van der Waals surface area contributed by atoms with Crippen LogP contribution in [0.15, 0.2) is 48.5 Å². The van der Waals surface area contributed by atoms with E-state index in [9.17, 15) is 4.79 Å². The standard InChI is InChI=1S/C20H24O2/c1-3-4-5-6-7-16-8-10-17(11-9-16)18-12-14-19(15-13-18)20(21)22-2/h8-15H,3-7H2,1-2H3. The first-order valence-electron chi connectivity index (χ1n) is 8.02. The van der Waals surface area contributed by atoms with Gasteiger partial charge in [0.1, 0.15) is 0 Å². The van der Waals surface area contributed by atoms with E-state index in [-0.39, 0.29) is 5.97 Å². The average Bonchev–Trinajstić information content (AvgIpc) is 2.59. The highest BCUT2D eigenvalue weighted by Gasteiger charge is 2.05. The van der Waals surface area contributed by atoms with E-state index in [1.807, 2.05) is 12.1 Å². The van der Waals surface area contributed by atoms with E-state index in [1.54, 1.807) is 12.1 Å². The molecule has 2 nitrogen and oxygen atoms in total. The summed E-state index contributed by atoms with van der Waals surface area (Å²) in [5.41, 5.74) is 4.27. The summed E-state index contributed by atoms with van der Waals surface area (Å²) < 4.78 is 4.71. The molecule has 0 saturated heterocycles. The van der Waals surface area contributed by atoms with Crippen LogP contribution in [0.2, 0.25) is 0 Å². The van der Waals surface area contributed by atoms with Crippen molar-refractivity contribution >= 4 is 5.97 Å². The Hall–Kier alpha value is -2.09. The van der Waals surface area contributed by atoms with E-state index in [4.69, 9.17) is 4.74 Å². The van der Waals surface area contributed by atoms with Gasteiger partial charge in [0, 0.05) is 0 Å². The SMILES string of the molecule is CCCCCCc1ccc(-c2ccc(C(=O)OC)cc2)cc1. The maximum atomic E-state index is 11.4. The number of aryl methyl sites for hydroxylation is 1. The molecule has 0 radical (unpaired) electrons. The molecule has 22 heavy (non-hydrogen) atoms. The molecule has 0 saturated carbocycles. The molecule has 0 bridgehead atoms. The summed E-state index contributed by atoms with van der Waals surface area (Å²) in [4.78, 5) is 11.4. The molecule has 0 aliphatic rings. The molecule has 116 valence electrons. The maximum absolute atomic E-state index is 11.4. The highest BCUT2D eigenvalue weighted by Crippen LogP contribution is 2.21. The third-order valence-corrected chi connectivity index (χ3v) is 3.91. The normalized spacial score (nSPS) is 10.5. The zero-order valence-corrected chi connectivity index (χ0v) is 13.5. The second-order valence-corrected chi connectivity index (χ2v) is 5.58. The van der Waals surface area contributed by atoms with Gasteiger partial charge in [0.2, 0.25) is 0 Å². The van der Waals surface area contributed by atoms with Crippen LogP contribution in [0, 0.1) is 0 Å². The summed E-state index contributed by atoms with van der Waals surface area (Å²) in [5, 5.41) is 0. The van der Waals surface area contributed by atoms with Crippen LogP contribution < -0.4 is 0 Å². The van der Waals surface area contributed by atoms with Gasteiger partial charge in [0.25, 0.3) is 0 Å². The summed E-state index contributed by atoms with van der Waals surface area (Å²) in [6, 6.07) is 16.3. The third kappa shape index (κ3) is 4.45. The van der Waals surface area contributed by atoms with Gasteiger partial charge in [-0.05, 0) is 41.7 Å². The minimum atomic E-state index is -0.297. The Labute approximate surface area is 133 Å². The van der Waals surface area contributed by atoms with Gasteiger partial charge in [0.05, 0.1) is 12.7 Å². The molecule has 2 aromatic rings. The van der Waals surface area contributed by atoms with Crippen LogP contribution in [0.5, 0.6) is 0 Å². The predicted molar refractivity (Wildman–Crippen MR) is 91.1 cm³/mol. The lowest BCUT2D eigenvalue weighted by Gasteiger charge is -2.06. The van der Waals surface area contributed by atoms with E-state index in [0.29, 0.717) is 5.56 Å². The second-order valence-electron chi connectivity index (χ2n) is 5.58. The minimum absolute atomic E-state index is 0.297. The lowest BCUT2D eigenvalue weighted by molar-refractivity contribution is 0.0601. The van der Waals surface area contributed by atoms with Crippen LogP contribution in [0.25, 0.3) is 11.1 Å². The molecule has 0 N–H and O–H groups in total. The Morgan fingerprint density at radius 1 is 0.864 bits per heavy atom. The van der Waals surface area contributed by atoms with Crippen LogP contribution >= 0.6 is 0 Å². The molecule has 0 aliphatic heterocycles. The lowest BCUT2D eigenvalue weighted by atomic mass is 10.0. The zero-order valence-electron chi connectivity index (χ0n) is 13.5. The van der Waals surface area contributed by atoms with Gasteiger partial charge in [-0.25, -0.2) is 4.79 Å². The molecule has 2 aromatic carbocycles. The summed E-state index contributed by atoms with van der Waals surface area (Å²) in [7, 11) is 1.40. The van der Waals surface area contributed by atoms with Gasteiger partial charge in [-0.2, -0.15) is 0 Å². The number of ether oxygens (including phenoxy) is 1. The van der Waals surface area contributed by atoms with Crippen molar-refractivity contribution in [1.82, 2.24) is 0 Å². The fraction of sp³-hybridized carbons (Fsp3) is 0.350. The monoisotopic (exact) mass is 296 g/mol. The van der Waals surface area contributed by atoms with Gasteiger partial charge in [-0.15, -0.1) is 0 Å². The quantitative estimate of drug-likeness (QED) is 0.514. The van der Waals surface area contributed by atoms with Crippen LogP contribution in [0.4, 0.5) is 0 Å². The summed E-state index contributed by atoms with van der Waals surface area (Å²) >= 11 is 0. The Balaban J connectivity index is 1.99. The molecule has 0 fully saturated rings. The van der Waals surface area contributed by atoms with E-state index >= 15 is 0 Å². The number of esters is 1. The number of rotatable bonds is 7. The number of carbonyl (C=O) groups excluding carboxylic acids is 1. The highest BCUT2D eigenvalue weighted by molar-refractivity contribution is 5.89. The van der Waals surface area contributed by atoms with Crippen LogP contribution in [-0.4, -0.2) is 13.1 Å². The number of carbonyl (C=O) groups is 1. The Bertz CT molecular complexity index is 582. The zero-order chi connectivity index (χ0) is 15.8. The van der Waals surface area contributed by atoms with Crippen molar-refractivity contribution < 1.29 is 9.53 Å². The maximum Gasteiger partial charge on any atom is 0.337 e. The first-order chi connectivity index (χ1) is 10.7. The van der Waals surface area contributed by atoms with Crippen LogP contribution in [-0.2, 0) is 11.2 Å². The Morgan fingerprint density at radius 3 is 2.00 bits per heavy atom. The molecule has 2 rings (SSSR count). The van der Waals surface area contributed by atoms with E-state index in [1.165, 1.54) is 43.9 Å². The molecule has 0 atom stereocenters. The summed E-state index contributed by atoms with van der Waals surface area (Å²) in [6.45, 7) is 2.24. The molecular formula is C20H24O2. The highest BCUT2D eigenvalue weighted by atomic mass is 16.5. The smallest absolute Gasteiger partial charge is 0.337 e. The number of methoxy groups -OCH3 is 1. The van der Waals surface area contributed by atoms with Crippen LogP contribution in [0.3, 0.4) is 0 Å². The van der Waals surface area contributed by atoms with Crippen molar-refractivity contribution in [3.8, 4) is 11.1 Å². The Morgan fingerprint density at radius 2 is 1.45 bits per heavy atom. The van der Waals surface area contributed by atoms with Gasteiger partial charge in [-0.1, -0.05) is 62.6 Å². The Kier molecular flexibility index (Phi) is 6.20. The topological polar surface area (TPSA) is 26.3 Å². The van der Waals surface area contributed by atoms with Crippen molar-refractivity contribution in [3.05, 3.63) is 59.7 Å². The van der Waals surface area contributed by atoms with Crippen molar-refractivity contribution in [1.29, 1.82) is 0 Å². The van der Waals surface area contributed by atoms with E-state index < -0.39 is 0 Å². The van der Waals surface area contributed by atoms with Gasteiger partial charge < -0.3 is 4.74 Å². The first-order valence-corrected chi connectivity index (χ1v) is 8.02. The fourth-order valence-corrected chi connectivity index (χ4v) is 2.54. The largest absolute Gasteiger partial charge is 0.465 e. The summed E-state index contributed by atoms with van der Waals surface area (Å²) in [6.07, 6.45) is 6.33. The molecule has 0 unspecified atom stereocenters. The molecule has 2 heteroatoms. The third-order valence-electron chi connectivity index (χ3n) is 3.91. The average molecular weight is 296 g/mol. The van der Waals surface area contributed by atoms with Crippen molar-refractivity contribution in [2.75, 3.05) is 7.11 Å². The van der Waals surface area contributed by atoms with Crippen molar-refractivity contribution in [2.24, 2.45) is 0 Å². The first kappa shape index (κ1) is 16.3.